The first-order chi connectivity index (χ1) is 9.99. The fourth-order valence-corrected chi connectivity index (χ4v) is 3.00. The van der Waals surface area contributed by atoms with E-state index in [1.807, 2.05) is 38.1 Å². The molecule has 0 bridgehead atoms. The van der Waals surface area contributed by atoms with E-state index in [9.17, 15) is 4.79 Å². The first-order valence-corrected chi connectivity index (χ1v) is 7.92. The second-order valence-electron chi connectivity index (χ2n) is 5.09. The molecule has 0 atom stereocenters. The summed E-state index contributed by atoms with van der Waals surface area (Å²) in [7, 11) is 0. The van der Waals surface area contributed by atoms with Crippen LogP contribution in [0.5, 0.6) is 0 Å². The van der Waals surface area contributed by atoms with Gasteiger partial charge in [-0.25, -0.2) is 0 Å². The number of carbonyl (C=O) groups excluding carboxylic acids is 1. The molecule has 0 fully saturated rings. The predicted molar refractivity (Wildman–Crippen MR) is 87.9 cm³/mol. The molecule has 2 aromatic rings. The van der Waals surface area contributed by atoms with Crippen LogP contribution in [0, 0.1) is 0 Å². The number of aromatic nitrogens is 2. The maximum absolute atomic E-state index is 12.1. The summed E-state index contributed by atoms with van der Waals surface area (Å²) >= 11 is 9.35. The van der Waals surface area contributed by atoms with Gasteiger partial charge in [-0.3, -0.25) is 9.89 Å². The standard InChI is InChI=1S/C15H17BrClN3O/c1-9(2)13-12(16)14(20-19-13)15(21)18-7-6-10-4-3-5-11(17)8-10/h3-5,8-9H,6-7H2,1-2H3,(H,18,21)(H,19,20). The van der Waals surface area contributed by atoms with Gasteiger partial charge in [-0.1, -0.05) is 37.6 Å². The molecule has 0 radical (unpaired) electrons. The van der Waals surface area contributed by atoms with Gasteiger partial charge in [0.15, 0.2) is 5.69 Å². The zero-order chi connectivity index (χ0) is 15.4. The number of halogens is 2. The van der Waals surface area contributed by atoms with Crippen LogP contribution in [0.2, 0.25) is 5.02 Å². The van der Waals surface area contributed by atoms with Crippen molar-refractivity contribution in [3.63, 3.8) is 0 Å². The van der Waals surface area contributed by atoms with Crippen molar-refractivity contribution in [1.82, 2.24) is 15.5 Å². The van der Waals surface area contributed by atoms with Gasteiger partial charge in [0.1, 0.15) is 0 Å². The minimum Gasteiger partial charge on any atom is -0.350 e. The Hall–Kier alpha value is -1.33. The Morgan fingerprint density at radius 1 is 1.48 bits per heavy atom. The zero-order valence-electron chi connectivity index (χ0n) is 11.9. The van der Waals surface area contributed by atoms with E-state index < -0.39 is 0 Å². The Kier molecular flexibility index (Phi) is 5.42. The smallest absolute Gasteiger partial charge is 0.272 e. The molecule has 0 saturated heterocycles. The van der Waals surface area contributed by atoms with Gasteiger partial charge in [-0.05, 0) is 46.0 Å². The van der Waals surface area contributed by atoms with Gasteiger partial charge < -0.3 is 5.32 Å². The molecule has 1 amide bonds. The summed E-state index contributed by atoms with van der Waals surface area (Å²) in [6.07, 6.45) is 0.728. The van der Waals surface area contributed by atoms with Gasteiger partial charge in [-0.2, -0.15) is 5.10 Å². The highest BCUT2D eigenvalue weighted by atomic mass is 79.9. The molecule has 1 heterocycles. The normalized spacial score (nSPS) is 10.9. The molecule has 0 spiro atoms. The van der Waals surface area contributed by atoms with E-state index in [4.69, 9.17) is 11.6 Å². The lowest BCUT2D eigenvalue weighted by Gasteiger charge is -2.05. The summed E-state index contributed by atoms with van der Waals surface area (Å²) in [6, 6.07) is 7.62. The number of hydrogen-bond acceptors (Lipinski definition) is 2. The van der Waals surface area contributed by atoms with Crippen molar-refractivity contribution < 1.29 is 4.79 Å². The summed E-state index contributed by atoms with van der Waals surface area (Å²) in [5.41, 5.74) is 2.41. The number of nitrogens with zero attached hydrogens (tertiary/aromatic N) is 1. The molecule has 0 aliphatic rings. The van der Waals surface area contributed by atoms with Crippen LogP contribution in [0.15, 0.2) is 28.7 Å². The Morgan fingerprint density at radius 2 is 2.24 bits per heavy atom. The van der Waals surface area contributed by atoms with E-state index in [0.29, 0.717) is 17.3 Å². The molecule has 4 nitrogen and oxygen atoms in total. The van der Waals surface area contributed by atoms with Crippen LogP contribution in [0.25, 0.3) is 0 Å². The quantitative estimate of drug-likeness (QED) is 0.838. The molecule has 112 valence electrons. The van der Waals surface area contributed by atoms with E-state index >= 15 is 0 Å². The minimum absolute atomic E-state index is 0.188. The molecule has 0 aliphatic heterocycles. The third-order valence-corrected chi connectivity index (χ3v) is 4.15. The highest BCUT2D eigenvalue weighted by Gasteiger charge is 2.18. The number of rotatable bonds is 5. The largest absolute Gasteiger partial charge is 0.350 e. The van der Waals surface area contributed by atoms with E-state index in [1.54, 1.807) is 0 Å². The van der Waals surface area contributed by atoms with Crippen LogP contribution in [-0.2, 0) is 6.42 Å². The highest BCUT2D eigenvalue weighted by Crippen LogP contribution is 2.25. The SMILES string of the molecule is CC(C)c1[nH]nc(C(=O)NCCc2cccc(Cl)c2)c1Br. The summed E-state index contributed by atoms with van der Waals surface area (Å²) in [5, 5.41) is 10.5. The minimum atomic E-state index is -0.188. The average molecular weight is 371 g/mol. The van der Waals surface area contributed by atoms with Crippen LogP contribution < -0.4 is 5.32 Å². The van der Waals surface area contributed by atoms with Gasteiger partial charge in [-0.15, -0.1) is 0 Å². The van der Waals surface area contributed by atoms with Crippen molar-refractivity contribution in [2.45, 2.75) is 26.2 Å². The van der Waals surface area contributed by atoms with Crippen LogP contribution in [0.1, 0.15) is 41.5 Å². The molecule has 6 heteroatoms. The summed E-state index contributed by atoms with van der Waals surface area (Å²) in [4.78, 5) is 12.1. The number of hydrogen-bond donors (Lipinski definition) is 2. The lowest BCUT2D eigenvalue weighted by atomic mass is 10.1. The number of nitrogens with one attached hydrogen (secondary N) is 2. The molecule has 1 aromatic carbocycles. The third-order valence-electron chi connectivity index (χ3n) is 3.11. The second kappa shape index (κ2) is 7.09. The molecule has 2 N–H and O–H groups in total. The Bertz CT molecular complexity index is 640. The summed E-state index contributed by atoms with van der Waals surface area (Å²) in [5.74, 6) is 0.0898. The van der Waals surface area contributed by atoms with Crippen molar-refractivity contribution in [3.05, 3.63) is 50.7 Å². The van der Waals surface area contributed by atoms with E-state index in [-0.39, 0.29) is 11.8 Å². The highest BCUT2D eigenvalue weighted by molar-refractivity contribution is 9.10. The van der Waals surface area contributed by atoms with Crippen molar-refractivity contribution in [2.24, 2.45) is 0 Å². The van der Waals surface area contributed by atoms with Gasteiger partial charge >= 0.3 is 0 Å². The van der Waals surface area contributed by atoms with Gasteiger partial charge in [0, 0.05) is 11.6 Å². The first-order valence-electron chi connectivity index (χ1n) is 6.75. The molecule has 0 saturated carbocycles. The summed E-state index contributed by atoms with van der Waals surface area (Å²) in [6.45, 7) is 4.62. The predicted octanol–water partition coefficient (Wildman–Crippen LogP) is 3.92. The fraction of sp³-hybridized carbons (Fsp3) is 0.333. The molecular weight excluding hydrogens is 354 g/mol. The molecule has 1 aromatic heterocycles. The number of H-pyrrole nitrogens is 1. The Labute approximate surface area is 137 Å². The van der Waals surface area contributed by atoms with Crippen LogP contribution >= 0.6 is 27.5 Å². The molecule has 0 unspecified atom stereocenters. The lowest BCUT2D eigenvalue weighted by Crippen LogP contribution is -2.26. The fourth-order valence-electron chi connectivity index (χ4n) is 1.97. The van der Waals surface area contributed by atoms with Crippen molar-refractivity contribution >= 4 is 33.4 Å². The number of amides is 1. The van der Waals surface area contributed by atoms with Crippen molar-refractivity contribution in [2.75, 3.05) is 6.54 Å². The van der Waals surface area contributed by atoms with E-state index in [2.05, 4.69) is 31.4 Å². The summed E-state index contributed by atoms with van der Waals surface area (Å²) < 4.78 is 0.734. The third kappa shape index (κ3) is 4.08. The van der Waals surface area contributed by atoms with E-state index in [1.165, 1.54) is 0 Å². The first kappa shape index (κ1) is 16.0. The topological polar surface area (TPSA) is 57.8 Å². The average Bonchev–Trinajstić information content (AvgIpc) is 2.80. The number of benzene rings is 1. The van der Waals surface area contributed by atoms with Crippen LogP contribution in [0.4, 0.5) is 0 Å². The Morgan fingerprint density at radius 3 is 2.86 bits per heavy atom. The molecular formula is C15H17BrClN3O. The van der Waals surface area contributed by atoms with Crippen molar-refractivity contribution in [1.29, 1.82) is 0 Å². The zero-order valence-corrected chi connectivity index (χ0v) is 14.3. The van der Waals surface area contributed by atoms with E-state index in [0.717, 1.165) is 22.2 Å². The lowest BCUT2D eigenvalue weighted by molar-refractivity contribution is 0.0948. The maximum Gasteiger partial charge on any atom is 0.272 e. The molecule has 2 rings (SSSR count). The molecule has 21 heavy (non-hydrogen) atoms. The van der Waals surface area contributed by atoms with Crippen LogP contribution in [-0.4, -0.2) is 22.6 Å². The van der Waals surface area contributed by atoms with Gasteiger partial charge in [0.2, 0.25) is 0 Å². The van der Waals surface area contributed by atoms with Gasteiger partial charge in [0.05, 0.1) is 10.2 Å². The van der Waals surface area contributed by atoms with Crippen LogP contribution in [0.3, 0.4) is 0 Å². The number of carbonyl (C=O) groups is 1. The number of aromatic amines is 1. The van der Waals surface area contributed by atoms with Gasteiger partial charge in [0.25, 0.3) is 5.91 Å². The maximum atomic E-state index is 12.1. The second-order valence-corrected chi connectivity index (χ2v) is 6.32. The van der Waals surface area contributed by atoms with Crippen molar-refractivity contribution in [3.8, 4) is 0 Å². The Balaban J connectivity index is 1.93. The molecule has 0 aliphatic carbocycles. The monoisotopic (exact) mass is 369 g/mol.